The minimum Gasteiger partial charge on any atom is -0.493 e. The standard InChI is InChI=1S/C9H9F3O2S/c1-13-7-4-3-6(15-2)5-8(7)14-9(10,11)12/h3-5H,1-2H3. The molecule has 0 aliphatic carbocycles. The number of rotatable bonds is 3. The molecule has 2 nitrogen and oxygen atoms in total. The molecule has 0 atom stereocenters. The molecule has 0 heterocycles. The van der Waals surface area contributed by atoms with Crippen LogP contribution in [0.3, 0.4) is 0 Å². The Bertz CT molecular complexity index is 339. The lowest BCUT2D eigenvalue weighted by atomic mass is 10.3. The van der Waals surface area contributed by atoms with E-state index in [0.29, 0.717) is 4.90 Å². The SMILES string of the molecule is COc1ccc(SC)cc1OC(F)(F)F. The first kappa shape index (κ1) is 12.0. The molecule has 0 aromatic heterocycles. The van der Waals surface area contributed by atoms with Crippen molar-refractivity contribution >= 4 is 11.8 Å². The summed E-state index contributed by atoms with van der Waals surface area (Å²) in [4.78, 5) is 0.676. The first-order valence-electron chi connectivity index (χ1n) is 3.94. The lowest BCUT2D eigenvalue weighted by Gasteiger charge is -2.13. The Morgan fingerprint density at radius 2 is 1.87 bits per heavy atom. The van der Waals surface area contributed by atoms with E-state index in [1.165, 1.54) is 31.0 Å². The molecule has 1 rings (SSSR count). The molecule has 0 bridgehead atoms. The zero-order chi connectivity index (χ0) is 11.5. The molecule has 0 radical (unpaired) electrons. The Morgan fingerprint density at radius 1 is 1.20 bits per heavy atom. The molecule has 0 saturated carbocycles. The molecule has 0 amide bonds. The van der Waals surface area contributed by atoms with Crippen LogP contribution in [0.5, 0.6) is 11.5 Å². The highest BCUT2D eigenvalue weighted by Crippen LogP contribution is 2.34. The summed E-state index contributed by atoms with van der Waals surface area (Å²) in [6.07, 6.45) is -2.94. The fourth-order valence-electron chi connectivity index (χ4n) is 0.988. The van der Waals surface area contributed by atoms with Gasteiger partial charge >= 0.3 is 6.36 Å². The van der Waals surface area contributed by atoms with Crippen molar-refractivity contribution in [3.8, 4) is 11.5 Å². The van der Waals surface area contributed by atoms with E-state index in [1.807, 2.05) is 0 Å². The van der Waals surface area contributed by atoms with E-state index in [2.05, 4.69) is 4.74 Å². The highest BCUT2D eigenvalue weighted by atomic mass is 32.2. The Kier molecular flexibility index (Phi) is 3.73. The predicted molar refractivity (Wildman–Crippen MR) is 51.5 cm³/mol. The number of benzene rings is 1. The van der Waals surface area contributed by atoms with Gasteiger partial charge in [-0.3, -0.25) is 0 Å². The number of thioether (sulfide) groups is 1. The molecule has 1 aromatic carbocycles. The highest BCUT2D eigenvalue weighted by molar-refractivity contribution is 7.98. The summed E-state index contributed by atoms with van der Waals surface area (Å²) < 4.78 is 44.6. The van der Waals surface area contributed by atoms with Crippen LogP contribution < -0.4 is 9.47 Å². The molecular weight excluding hydrogens is 229 g/mol. The molecule has 6 heteroatoms. The molecule has 0 fully saturated rings. The van der Waals surface area contributed by atoms with Crippen LogP contribution in [-0.4, -0.2) is 19.7 Å². The maximum Gasteiger partial charge on any atom is 0.573 e. The smallest absolute Gasteiger partial charge is 0.493 e. The van der Waals surface area contributed by atoms with Gasteiger partial charge in [0.25, 0.3) is 0 Å². The zero-order valence-corrected chi connectivity index (χ0v) is 8.91. The molecule has 1 aromatic rings. The second kappa shape index (κ2) is 4.65. The van der Waals surface area contributed by atoms with Gasteiger partial charge in [0.15, 0.2) is 11.5 Å². The Labute approximate surface area is 89.4 Å². The number of hydrogen-bond donors (Lipinski definition) is 0. The van der Waals surface area contributed by atoms with Gasteiger partial charge in [-0.05, 0) is 24.5 Å². The fourth-order valence-corrected chi connectivity index (χ4v) is 1.42. The van der Waals surface area contributed by atoms with Crippen molar-refractivity contribution in [2.75, 3.05) is 13.4 Å². The summed E-state index contributed by atoms with van der Waals surface area (Å²) in [6.45, 7) is 0. The van der Waals surface area contributed by atoms with E-state index < -0.39 is 6.36 Å². The normalized spacial score (nSPS) is 11.3. The van der Waals surface area contributed by atoms with Crippen LogP contribution in [-0.2, 0) is 0 Å². The lowest BCUT2D eigenvalue weighted by molar-refractivity contribution is -0.275. The fraction of sp³-hybridized carbons (Fsp3) is 0.333. The van der Waals surface area contributed by atoms with Gasteiger partial charge in [0, 0.05) is 4.90 Å². The average Bonchev–Trinajstić information content (AvgIpc) is 2.15. The molecule has 0 unspecified atom stereocenters. The summed E-state index contributed by atoms with van der Waals surface area (Å²) in [5, 5.41) is 0. The van der Waals surface area contributed by atoms with Crippen LogP contribution in [0.4, 0.5) is 13.2 Å². The monoisotopic (exact) mass is 238 g/mol. The highest BCUT2D eigenvalue weighted by Gasteiger charge is 2.32. The van der Waals surface area contributed by atoms with Crippen molar-refractivity contribution in [2.45, 2.75) is 11.3 Å². The van der Waals surface area contributed by atoms with E-state index in [0.717, 1.165) is 0 Å². The Morgan fingerprint density at radius 3 is 2.33 bits per heavy atom. The van der Waals surface area contributed by atoms with E-state index in [9.17, 15) is 13.2 Å². The van der Waals surface area contributed by atoms with Gasteiger partial charge in [0.05, 0.1) is 7.11 Å². The maximum absolute atomic E-state index is 12.0. The number of ether oxygens (including phenoxy) is 2. The van der Waals surface area contributed by atoms with Gasteiger partial charge in [-0.1, -0.05) is 0 Å². The topological polar surface area (TPSA) is 18.5 Å². The van der Waals surface area contributed by atoms with Crippen molar-refractivity contribution in [2.24, 2.45) is 0 Å². The van der Waals surface area contributed by atoms with Crippen LogP contribution in [0, 0.1) is 0 Å². The first-order valence-corrected chi connectivity index (χ1v) is 5.16. The second-order valence-corrected chi connectivity index (χ2v) is 3.44. The number of methoxy groups -OCH3 is 1. The van der Waals surface area contributed by atoms with Crippen LogP contribution >= 0.6 is 11.8 Å². The third-order valence-electron chi connectivity index (χ3n) is 1.60. The van der Waals surface area contributed by atoms with Crippen molar-refractivity contribution in [3.05, 3.63) is 18.2 Å². The third kappa shape index (κ3) is 3.54. The summed E-state index contributed by atoms with van der Waals surface area (Å²) in [7, 11) is 1.29. The zero-order valence-electron chi connectivity index (χ0n) is 8.09. The molecule has 0 spiro atoms. The van der Waals surface area contributed by atoms with Crippen LogP contribution in [0.2, 0.25) is 0 Å². The van der Waals surface area contributed by atoms with Crippen molar-refractivity contribution < 1.29 is 22.6 Å². The summed E-state index contributed by atoms with van der Waals surface area (Å²) >= 11 is 1.33. The minimum atomic E-state index is -4.70. The molecular formula is C9H9F3O2S. The lowest BCUT2D eigenvalue weighted by Crippen LogP contribution is -2.17. The van der Waals surface area contributed by atoms with Crippen LogP contribution in [0.15, 0.2) is 23.1 Å². The van der Waals surface area contributed by atoms with Gasteiger partial charge in [0.1, 0.15) is 0 Å². The van der Waals surface area contributed by atoms with Gasteiger partial charge in [-0.25, -0.2) is 0 Å². The largest absolute Gasteiger partial charge is 0.573 e. The van der Waals surface area contributed by atoms with Crippen LogP contribution in [0.1, 0.15) is 0 Å². The number of alkyl halides is 3. The summed E-state index contributed by atoms with van der Waals surface area (Å²) in [5.41, 5.74) is 0. The minimum absolute atomic E-state index is 0.0603. The van der Waals surface area contributed by atoms with Crippen molar-refractivity contribution in [3.63, 3.8) is 0 Å². The van der Waals surface area contributed by atoms with E-state index in [-0.39, 0.29) is 11.5 Å². The van der Waals surface area contributed by atoms with Crippen molar-refractivity contribution in [1.82, 2.24) is 0 Å². The van der Waals surface area contributed by atoms with Gasteiger partial charge in [-0.15, -0.1) is 24.9 Å². The number of hydrogen-bond acceptors (Lipinski definition) is 3. The molecule has 0 N–H and O–H groups in total. The average molecular weight is 238 g/mol. The van der Waals surface area contributed by atoms with Crippen molar-refractivity contribution in [1.29, 1.82) is 0 Å². The molecule has 0 aliphatic heterocycles. The van der Waals surface area contributed by atoms with Gasteiger partial charge in [-0.2, -0.15) is 0 Å². The molecule has 0 saturated heterocycles. The van der Waals surface area contributed by atoms with E-state index >= 15 is 0 Å². The quantitative estimate of drug-likeness (QED) is 0.752. The maximum atomic E-state index is 12.0. The Hall–Kier alpha value is -1.04. The number of halogens is 3. The molecule has 0 aliphatic rings. The van der Waals surface area contributed by atoms with Gasteiger partial charge in [0.2, 0.25) is 0 Å². The first-order chi connectivity index (χ1) is 6.96. The van der Waals surface area contributed by atoms with Crippen LogP contribution in [0.25, 0.3) is 0 Å². The van der Waals surface area contributed by atoms with E-state index in [4.69, 9.17) is 4.74 Å². The molecule has 84 valence electrons. The second-order valence-electron chi connectivity index (χ2n) is 2.56. The summed E-state index contributed by atoms with van der Waals surface area (Å²) in [6, 6.07) is 4.39. The predicted octanol–water partition coefficient (Wildman–Crippen LogP) is 3.32. The summed E-state index contributed by atoms with van der Waals surface area (Å²) in [5.74, 6) is -0.262. The third-order valence-corrected chi connectivity index (χ3v) is 2.32. The Balaban J connectivity index is 3.01. The van der Waals surface area contributed by atoms with E-state index in [1.54, 1.807) is 12.3 Å². The van der Waals surface area contributed by atoms with Gasteiger partial charge < -0.3 is 9.47 Å². The molecule has 15 heavy (non-hydrogen) atoms.